The average molecular weight is 164 g/mol. The molecule has 0 saturated carbocycles. The summed E-state index contributed by atoms with van der Waals surface area (Å²) in [6.45, 7) is 0.764. The lowest BCUT2D eigenvalue weighted by Crippen LogP contribution is -2.31. The molecule has 1 rings (SSSR count). The van der Waals surface area contributed by atoms with Gasteiger partial charge in [0.25, 0.3) is 0 Å². The molecule has 1 atom stereocenters. The number of ether oxygens (including phenoxy) is 1. The topological polar surface area (TPSA) is 38.3 Å². The van der Waals surface area contributed by atoms with Crippen LogP contribution < -0.4 is 5.32 Å². The Balaban J connectivity index is 0.000000810. The molecule has 0 aromatic carbocycles. The highest BCUT2D eigenvalue weighted by atomic mass is 35.5. The third-order valence-corrected chi connectivity index (χ3v) is 1.24. The second kappa shape index (κ2) is 4.30. The Bertz CT molecular complexity index is 147. The quantitative estimate of drug-likeness (QED) is 0.441. The van der Waals surface area contributed by atoms with E-state index in [2.05, 4.69) is 10.1 Å². The van der Waals surface area contributed by atoms with Crippen molar-refractivity contribution in [2.45, 2.75) is 6.04 Å². The van der Waals surface area contributed by atoms with E-state index in [1.807, 2.05) is 6.08 Å². The predicted molar refractivity (Wildman–Crippen MR) is 40.2 cm³/mol. The Labute approximate surface area is 65.8 Å². The minimum Gasteiger partial charge on any atom is -0.468 e. The van der Waals surface area contributed by atoms with Crippen molar-refractivity contribution in [2.75, 3.05) is 13.7 Å². The molecule has 0 bridgehead atoms. The summed E-state index contributed by atoms with van der Waals surface area (Å²) < 4.78 is 4.48. The molecular formula is C6H10ClNO2. The standard InChI is InChI=1S/C6H9NO2.ClH/c1-9-6(8)5-3-2-4-7-5;/h2-3,5,7H,4H2,1H3;1H/t5-;/m0./s1. The number of hydrogen-bond acceptors (Lipinski definition) is 3. The predicted octanol–water partition coefficient (Wildman–Crippen LogP) is 0.109. The van der Waals surface area contributed by atoms with Crippen LogP contribution in [-0.4, -0.2) is 25.7 Å². The smallest absolute Gasteiger partial charge is 0.326 e. The molecule has 1 heterocycles. The van der Waals surface area contributed by atoms with Crippen molar-refractivity contribution in [3.63, 3.8) is 0 Å². The number of rotatable bonds is 1. The summed E-state index contributed by atoms with van der Waals surface area (Å²) in [4.78, 5) is 10.7. The highest BCUT2D eigenvalue weighted by Gasteiger charge is 2.16. The number of carbonyl (C=O) groups is 1. The second-order valence-electron chi connectivity index (χ2n) is 1.84. The second-order valence-corrected chi connectivity index (χ2v) is 1.84. The summed E-state index contributed by atoms with van der Waals surface area (Å²) in [5.74, 6) is -0.219. The van der Waals surface area contributed by atoms with Crippen LogP contribution in [0.2, 0.25) is 0 Å². The van der Waals surface area contributed by atoms with Crippen LogP contribution in [0.1, 0.15) is 0 Å². The molecule has 0 unspecified atom stereocenters. The van der Waals surface area contributed by atoms with E-state index in [9.17, 15) is 4.79 Å². The number of methoxy groups -OCH3 is 1. The number of esters is 1. The van der Waals surface area contributed by atoms with E-state index >= 15 is 0 Å². The van der Waals surface area contributed by atoms with Gasteiger partial charge in [-0.05, 0) is 0 Å². The minimum atomic E-state index is -0.219. The van der Waals surface area contributed by atoms with Gasteiger partial charge in [0, 0.05) is 6.54 Å². The largest absolute Gasteiger partial charge is 0.468 e. The molecule has 0 radical (unpaired) electrons. The van der Waals surface area contributed by atoms with Crippen LogP contribution in [0.25, 0.3) is 0 Å². The molecule has 1 N–H and O–H groups in total. The summed E-state index contributed by atoms with van der Waals surface area (Å²) in [7, 11) is 1.39. The van der Waals surface area contributed by atoms with Crippen LogP contribution in [0.5, 0.6) is 0 Å². The maximum atomic E-state index is 10.7. The van der Waals surface area contributed by atoms with Gasteiger partial charge in [-0.3, -0.25) is 10.1 Å². The van der Waals surface area contributed by atoms with Gasteiger partial charge in [0.1, 0.15) is 6.04 Å². The number of carbonyl (C=O) groups excluding carboxylic acids is 1. The third kappa shape index (κ3) is 2.01. The highest BCUT2D eigenvalue weighted by molar-refractivity contribution is 5.85. The lowest BCUT2D eigenvalue weighted by atomic mass is 10.3. The van der Waals surface area contributed by atoms with Crippen LogP contribution in [0, 0.1) is 0 Å². The van der Waals surface area contributed by atoms with Crippen LogP contribution in [-0.2, 0) is 9.53 Å². The van der Waals surface area contributed by atoms with Gasteiger partial charge >= 0.3 is 5.97 Å². The van der Waals surface area contributed by atoms with Gasteiger partial charge in [-0.15, -0.1) is 12.4 Å². The SMILES string of the molecule is COC(=O)[C@@H]1C=CCN1.Cl. The van der Waals surface area contributed by atoms with Gasteiger partial charge in [0.05, 0.1) is 7.11 Å². The number of nitrogens with one attached hydrogen (secondary N) is 1. The molecule has 3 nitrogen and oxygen atoms in total. The fourth-order valence-electron chi connectivity index (χ4n) is 0.756. The molecule has 1 aliphatic rings. The first-order chi connectivity index (χ1) is 4.34. The van der Waals surface area contributed by atoms with E-state index < -0.39 is 0 Å². The molecule has 0 spiro atoms. The molecule has 10 heavy (non-hydrogen) atoms. The Morgan fingerprint density at radius 3 is 2.90 bits per heavy atom. The molecule has 0 saturated heterocycles. The fraction of sp³-hybridized carbons (Fsp3) is 0.500. The number of halogens is 1. The van der Waals surface area contributed by atoms with Gasteiger partial charge in [-0.2, -0.15) is 0 Å². The molecule has 0 aromatic rings. The number of hydrogen-bond donors (Lipinski definition) is 1. The monoisotopic (exact) mass is 163 g/mol. The molecule has 0 fully saturated rings. The van der Waals surface area contributed by atoms with Crippen LogP contribution in [0.3, 0.4) is 0 Å². The van der Waals surface area contributed by atoms with E-state index in [1.54, 1.807) is 6.08 Å². The fourth-order valence-corrected chi connectivity index (χ4v) is 0.756. The summed E-state index contributed by atoms with van der Waals surface area (Å²) in [6, 6.07) is -0.213. The molecule has 0 aliphatic carbocycles. The van der Waals surface area contributed by atoms with Gasteiger partial charge in [-0.1, -0.05) is 12.2 Å². The van der Waals surface area contributed by atoms with E-state index in [0.717, 1.165) is 6.54 Å². The van der Waals surface area contributed by atoms with Crippen molar-refractivity contribution in [2.24, 2.45) is 0 Å². The van der Waals surface area contributed by atoms with Crippen molar-refractivity contribution < 1.29 is 9.53 Å². The maximum Gasteiger partial charge on any atom is 0.326 e. The maximum absolute atomic E-state index is 10.7. The van der Waals surface area contributed by atoms with Gasteiger partial charge in [0.15, 0.2) is 0 Å². The Hall–Kier alpha value is -0.540. The Morgan fingerprint density at radius 2 is 2.50 bits per heavy atom. The Morgan fingerprint density at radius 1 is 1.80 bits per heavy atom. The zero-order valence-corrected chi connectivity index (χ0v) is 6.48. The lowest BCUT2D eigenvalue weighted by molar-refractivity contribution is -0.141. The molecular weight excluding hydrogens is 154 g/mol. The van der Waals surface area contributed by atoms with Crippen LogP contribution in [0.4, 0.5) is 0 Å². The first-order valence-corrected chi connectivity index (χ1v) is 2.82. The third-order valence-electron chi connectivity index (χ3n) is 1.24. The Kier molecular flexibility index (Phi) is 4.07. The molecule has 1 aliphatic heterocycles. The minimum absolute atomic E-state index is 0. The zero-order valence-electron chi connectivity index (χ0n) is 5.66. The average Bonchev–Trinajstić information content (AvgIpc) is 2.37. The van der Waals surface area contributed by atoms with Crippen molar-refractivity contribution in [1.29, 1.82) is 0 Å². The van der Waals surface area contributed by atoms with Crippen molar-refractivity contribution in [3.05, 3.63) is 12.2 Å². The van der Waals surface area contributed by atoms with E-state index in [-0.39, 0.29) is 24.4 Å². The van der Waals surface area contributed by atoms with Crippen molar-refractivity contribution in [3.8, 4) is 0 Å². The summed E-state index contributed by atoms with van der Waals surface area (Å²) in [6.07, 6.45) is 3.70. The first kappa shape index (κ1) is 9.46. The lowest BCUT2D eigenvalue weighted by Gasteiger charge is -2.04. The molecule has 0 amide bonds. The van der Waals surface area contributed by atoms with E-state index in [0.29, 0.717) is 0 Å². The normalized spacial score (nSPS) is 21.9. The van der Waals surface area contributed by atoms with Gasteiger partial charge < -0.3 is 4.74 Å². The van der Waals surface area contributed by atoms with Gasteiger partial charge in [-0.25, -0.2) is 0 Å². The molecule has 58 valence electrons. The molecule has 0 aromatic heterocycles. The highest BCUT2D eigenvalue weighted by Crippen LogP contribution is 1.95. The summed E-state index contributed by atoms with van der Waals surface area (Å²) in [5, 5.41) is 2.92. The van der Waals surface area contributed by atoms with Crippen molar-refractivity contribution in [1.82, 2.24) is 5.32 Å². The van der Waals surface area contributed by atoms with E-state index in [4.69, 9.17) is 0 Å². The van der Waals surface area contributed by atoms with Crippen LogP contribution in [0.15, 0.2) is 12.2 Å². The summed E-state index contributed by atoms with van der Waals surface area (Å²) in [5.41, 5.74) is 0. The molecule has 4 heteroatoms. The zero-order chi connectivity index (χ0) is 6.69. The van der Waals surface area contributed by atoms with E-state index in [1.165, 1.54) is 7.11 Å². The first-order valence-electron chi connectivity index (χ1n) is 2.82. The van der Waals surface area contributed by atoms with Crippen molar-refractivity contribution >= 4 is 18.4 Å². The van der Waals surface area contributed by atoms with Crippen LogP contribution >= 0.6 is 12.4 Å². The summed E-state index contributed by atoms with van der Waals surface area (Å²) >= 11 is 0. The van der Waals surface area contributed by atoms with Gasteiger partial charge in [0.2, 0.25) is 0 Å².